The molecule has 1 aromatic carbocycles. The molecule has 0 aliphatic carbocycles. The predicted octanol–water partition coefficient (Wildman–Crippen LogP) is 2.12. The molecular weight excluding hydrogens is 322 g/mol. The highest BCUT2D eigenvalue weighted by molar-refractivity contribution is 5.92. The Balaban J connectivity index is 1.67. The average molecular weight is 343 g/mol. The average Bonchev–Trinajstić information content (AvgIpc) is 3.07. The Labute approximate surface area is 146 Å². The number of aromatic nitrogens is 1. The fourth-order valence-electron chi connectivity index (χ4n) is 3.03. The van der Waals surface area contributed by atoms with E-state index in [4.69, 9.17) is 9.26 Å². The van der Waals surface area contributed by atoms with E-state index in [1.165, 1.54) is 7.11 Å². The molecule has 0 spiro atoms. The summed E-state index contributed by atoms with van der Waals surface area (Å²) in [5.74, 6) is 0.170. The number of esters is 1. The van der Waals surface area contributed by atoms with E-state index in [0.29, 0.717) is 36.7 Å². The van der Waals surface area contributed by atoms with Gasteiger partial charge >= 0.3 is 5.97 Å². The lowest BCUT2D eigenvalue weighted by Crippen LogP contribution is -2.54. The summed E-state index contributed by atoms with van der Waals surface area (Å²) >= 11 is 0. The monoisotopic (exact) mass is 343 g/mol. The Kier molecular flexibility index (Phi) is 4.74. The highest BCUT2D eigenvalue weighted by atomic mass is 16.5. The van der Waals surface area contributed by atoms with Gasteiger partial charge in [0.1, 0.15) is 5.76 Å². The topological polar surface area (TPSA) is 75.9 Å². The van der Waals surface area contributed by atoms with Gasteiger partial charge in [-0.05, 0) is 38.1 Å². The second-order valence-corrected chi connectivity index (χ2v) is 6.15. The van der Waals surface area contributed by atoms with Crippen LogP contribution in [0.3, 0.4) is 0 Å². The van der Waals surface area contributed by atoms with E-state index in [9.17, 15) is 9.59 Å². The predicted molar refractivity (Wildman–Crippen MR) is 91.7 cm³/mol. The Morgan fingerprint density at radius 3 is 2.52 bits per heavy atom. The number of aryl methyl sites for hydroxylation is 1. The molecule has 132 valence electrons. The van der Waals surface area contributed by atoms with E-state index in [0.717, 1.165) is 5.69 Å². The van der Waals surface area contributed by atoms with Gasteiger partial charge in [-0.3, -0.25) is 4.79 Å². The van der Waals surface area contributed by atoms with E-state index in [1.54, 1.807) is 25.1 Å². The Bertz CT molecular complexity index is 769. The minimum Gasteiger partial charge on any atom is -0.465 e. The fourth-order valence-corrected chi connectivity index (χ4v) is 3.03. The van der Waals surface area contributed by atoms with Gasteiger partial charge in [0, 0.05) is 37.4 Å². The number of rotatable bonds is 3. The summed E-state index contributed by atoms with van der Waals surface area (Å²) in [6, 6.07) is 9.00. The lowest BCUT2D eigenvalue weighted by molar-refractivity contribution is 0.0599. The van der Waals surface area contributed by atoms with Crippen LogP contribution in [0.5, 0.6) is 0 Å². The summed E-state index contributed by atoms with van der Waals surface area (Å²) in [7, 11) is 1.37. The van der Waals surface area contributed by atoms with Gasteiger partial charge in [-0.1, -0.05) is 5.16 Å². The summed E-state index contributed by atoms with van der Waals surface area (Å²) in [4.78, 5) is 28.1. The van der Waals surface area contributed by atoms with Crippen LogP contribution >= 0.6 is 0 Å². The molecule has 1 aliphatic heterocycles. The van der Waals surface area contributed by atoms with Crippen molar-refractivity contribution in [2.45, 2.75) is 19.9 Å². The number of methoxy groups -OCH3 is 1. The Morgan fingerprint density at radius 1 is 1.24 bits per heavy atom. The molecular formula is C18H21N3O4. The smallest absolute Gasteiger partial charge is 0.337 e. The van der Waals surface area contributed by atoms with Crippen molar-refractivity contribution in [3.8, 4) is 0 Å². The third-order valence-electron chi connectivity index (χ3n) is 4.39. The maximum absolute atomic E-state index is 12.6. The maximum atomic E-state index is 12.6. The zero-order valence-electron chi connectivity index (χ0n) is 14.6. The van der Waals surface area contributed by atoms with Crippen molar-refractivity contribution in [2.75, 3.05) is 31.6 Å². The van der Waals surface area contributed by atoms with E-state index in [1.807, 2.05) is 24.0 Å². The lowest BCUT2D eigenvalue weighted by atomic mass is 10.1. The summed E-state index contributed by atoms with van der Waals surface area (Å²) < 4.78 is 9.71. The minimum absolute atomic E-state index is 0.0403. The number of anilines is 1. The molecule has 1 unspecified atom stereocenters. The molecule has 0 N–H and O–H groups in total. The molecule has 0 bridgehead atoms. The van der Waals surface area contributed by atoms with Gasteiger partial charge in [0.2, 0.25) is 0 Å². The van der Waals surface area contributed by atoms with Gasteiger partial charge in [0.05, 0.1) is 12.7 Å². The third-order valence-corrected chi connectivity index (χ3v) is 4.39. The van der Waals surface area contributed by atoms with Crippen LogP contribution in [0, 0.1) is 6.92 Å². The summed E-state index contributed by atoms with van der Waals surface area (Å²) in [5.41, 5.74) is 1.89. The zero-order valence-corrected chi connectivity index (χ0v) is 14.6. The van der Waals surface area contributed by atoms with Crippen LogP contribution < -0.4 is 4.90 Å². The summed E-state index contributed by atoms with van der Waals surface area (Å²) in [6.07, 6.45) is 0. The molecule has 7 heteroatoms. The quantitative estimate of drug-likeness (QED) is 0.795. The van der Waals surface area contributed by atoms with Gasteiger partial charge in [0.25, 0.3) is 5.91 Å². The number of ether oxygens (including phenoxy) is 1. The number of nitrogens with zero attached hydrogens (tertiary/aromatic N) is 3. The SMILES string of the molecule is COC(=O)c1ccc(N2CCN(C(=O)c3cc(C)on3)C(C)C2)cc1. The molecule has 2 aromatic rings. The van der Waals surface area contributed by atoms with Gasteiger partial charge in [-0.15, -0.1) is 0 Å². The van der Waals surface area contributed by atoms with Crippen molar-refractivity contribution in [1.82, 2.24) is 10.1 Å². The molecule has 1 amide bonds. The molecule has 2 heterocycles. The van der Waals surface area contributed by atoms with Crippen LogP contribution in [0.2, 0.25) is 0 Å². The highest BCUT2D eigenvalue weighted by Gasteiger charge is 2.29. The second-order valence-electron chi connectivity index (χ2n) is 6.15. The molecule has 1 fully saturated rings. The summed E-state index contributed by atoms with van der Waals surface area (Å²) in [5, 5.41) is 3.81. The van der Waals surface area contributed by atoms with Crippen molar-refractivity contribution in [3.05, 3.63) is 47.3 Å². The number of hydrogen-bond acceptors (Lipinski definition) is 6. The normalized spacial score (nSPS) is 17.5. The number of carbonyl (C=O) groups excluding carboxylic acids is 2. The van der Waals surface area contributed by atoms with Crippen molar-refractivity contribution in [3.63, 3.8) is 0 Å². The largest absolute Gasteiger partial charge is 0.465 e. The first-order valence-corrected chi connectivity index (χ1v) is 8.17. The van der Waals surface area contributed by atoms with E-state index in [2.05, 4.69) is 10.1 Å². The molecule has 3 rings (SSSR count). The molecule has 1 aromatic heterocycles. The summed E-state index contributed by atoms with van der Waals surface area (Å²) in [6.45, 7) is 5.80. The number of benzene rings is 1. The highest BCUT2D eigenvalue weighted by Crippen LogP contribution is 2.21. The molecule has 1 aliphatic rings. The third kappa shape index (κ3) is 3.50. The number of piperazine rings is 1. The van der Waals surface area contributed by atoms with Crippen LogP contribution in [0.15, 0.2) is 34.9 Å². The van der Waals surface area contributed by atoms with Crippen LogP contribution in [-0.4, -0.2) is 54.7 Å². The van der Waals surface area contributed by atoms with Crippen molar-refractivity contribution >= 4 is 17.6 Å². The first kappa shape index (κ1) is 17.0. The van der Waals surface area contributed by atoms with Crippen molar-refractivity contribution in [2.24, 2.45) is 0 Å². The van der Waals surface area contributed by atoms with Crippen LogP contribution in [0.1, 0.15) is 33.5 Å². The van der Waals surface area contributed by atoms with Gasteiger partial charge in [-0.25, -0.2) is 4.79 Å². The van der Waals surface area contributed by atoms with Crippen molar-refractivity contribution in [1.29, 1.82) is 0 Å². The number of hydrogen-bond donors (Lipinski definition) is 0. The molecule has 0 radical (unpaired) electrons. The molecule has 7 nitrogen and oxygen atoms in total. The molecule has 25 heavy (non-hydrogen) atoms. The maximum Gasteiger partial charge on any atom is 0.337 e. The first-order valence-electron chi connectivity index (χ1n) is 8.17. The Hall–Kier alpha value is -2.83. The lowest BCUT2D eigenvalue weighted by Gasteiger charge is -2.40. The molecule has 1 atom stereocenters. The van der Waals surface area contributed by atoms with Crippen LogP contribution in [-0.2, 0) is 4.74 Å². The van der Waals surface area contributed by atoms with Gasteiger partial charge in [-0.2, -0.15) is 0 Å². The first-order chi connectivity index (χ1) is 12.0. The van der Waals surface area contributed by atoms with Crippen molar-refractivity contribution < 1.29 is 18.8 Å². The molecule has 0 saturated carbocycles. The zero-order chi connectivity index (χ0) is 18.0. The number of amides is 1. The van der Waals surface area contributed by atoms with E-state index >= 15 is 0 Å². The second kappa shape index (κ2) is 6.96. The standard InChI is InChI=1S/C18H21N3O4/c1-12-11-20(15-6-4-14(5-7-15)18(23)24-3)8-9-21(12)17(22)16-10-13(2)25-19-16/h4-7,10,12H,8-9,11H2,1-3H3. The van der Waals surface area contributed by atoms with E-state index < -0.39 is 0 Å². The van der Waals surface area contributed by atoms with E-state index in [-0.39, 0.29) is 17.9 Å². The molecule has 1 saturated heterocycles. The van der Waals surface area contributed by atoms with Gasteiger partial charge in [0.15, 0.2) is 5.69 Å². The van der Waals surface area contributed by atoms with Crippen LogP contribution in [0.25, 0.3) is 0 Å². The van der Waals surface area contributed by atoms with Crippen LogP contribution in [0.4, 0.5) is 5.69 Å². The Morgan fingerprint density at radius 2 is 1.96 bits per heavy atom. The van der Waals surface area contributed by atoms with Gasteiger partial charge < -0.3 is 19.1 Å². The number of carbonyl (C=O) groups is 2. The minimum atomic E-state index is -0.349. The fraction of sp³-hybridized carbons (Fsp3) is 0.389.